The van der Waals surface area contributed by atoms with Crippen LogP contribution < -0.4 is 10.2 Å². The average Bonchev–Trinajstić information content (AvgIpc) is 3.07. The molecule has 0 aliphatic carbocycles. The molecule has 3 rings (SSSR count). The standard InChI is InChI=1S/C16H20N4O2S/c21-14(10-13-4-1-9-23-13)19-11-16(22)5-2-8-20(12-16)15-17-6-3-7-18-15/h1,3-4,6-7,9,22H,2,5,8,10-12H2,(H,19,21). The summed E-state index contributed by atoms with van der Waals surface area (Å²) in [5, 5.41) is 15.6. The molecule has 23 heavy (non-hydrogen) atoms. The number of carbonyl (C=O) groups excluding carboxylic acids is 1. The van der Waals surface area contributed by atoms with E-state index in [0.717, 1.165) is 17.8 Å². The number of hydrogen-bond donors (Lipinski definition) is 2. The highest BCUT2D eigenvalue weighted by molar-refractivity contribution is 7.10. The molecule has 1 aliphatic heterocycles. The van der Waals surface area contributed by atoms with Crippen molar-refractivity contribution in [3.63, 3.8) is 0 Å². The van der Waals surface area contributed by atoms with Crippen LogP contribution in [0.3, 0.4) is 0 Å². The van der Waals surface area contributed by atoms with Gasteiger partial charge in [-0.15, -0.1) is 11.3 Å². The Hall–Kier alpha value is -1.99. The Morgan fingerprint density at radius 2 is 2.22 bits per heavy atom. The maximum absolute atomic E-state index is 12.0. The number of piperidine rings is 1. The summed E-state index contributed by atoms with van der Waals surface area (Å²) in [6.07, 6.45) is 5.25. The number of aromatic nitrogens is 2. The zero-order valence-electron chi connectivity index (χ0n) is 12.8. The minimum absolute atomic E-state index is 0.0611. The maximum Gasteiger partial charge on any atom is 0.225 e. The van der Waals surface area contributed by atoms with E-state index in [9.17, 15) is 9.90 Å². The Balaban J connectivity index is 1.55. The van der Waals surface area contributed by atoms with Crippen molar-refractivity contribution in [2.24, 2.45) is 0 Å². The minimum atomic E-state index is -0.942. The number of carbonyl (C=O) groups is 1. The van der Waals surface area contributed by atoms with E-state index in [0.29, 0.717) is 25.3 Å². The first kappa shape index (κ1) is 15.9. The molecule has 1 saturated heterocycles. The van der Waals surface area contributed by atoms with Crippen LogP contribution in [0.25, 0.3) is 0 Å². The molecule has 0 spiro atoms. The fourth-order valence-corrected chi connectivity index (χ4v) is 3.48. The molecular weight excluding hydrogens is 312 g/mol. The van der Waals surface area contributed by atoms with Gasteiger partial charge in [0, 0.05) is 30.4 Å². The van der Waals surface area contributed by atoms with Crippen molar-refractivity contribution in [1.29, 1.82) is 0 Å². The van der Waals surface area contributed by atoms with Crippen LogP contribution >= 0.6 is 11.3 Å². The van der Waals surface area contributed by atoms with Gasteiger partial charge in [0.2, 0.25) is 11.9 Å². The smallest absolute Gasteiger partial charge is 0.225 e. The summed E-state index contributed by atoms with van der Waals surface area (Å²) in [5.41, 5.74) is -0.942. The number of amides is 1. The van der Waals surface area contributed by atoms with Crippen molar-refractivity contribution in [1.82, 2.24) is 15.3 Å². The number of hydrogen-bond acceptors (Lipinski definition) is 6. The molecule has 2 aromatic rings. The highest BCUT2D eigenvalue weighted by Gasteiger charge is 2.34. The number of nitrogens with zero attached hydrogens (tertiary/aromatic N) is 3. The lowest BCUT2D eigenvalue weighted by Gasteiger charge is -2.39. The second-order valence-corrected chi connectivity index (χ2v) is 6.86. The third-order valence-corrected chi connectivity index (χ3v) is 4.80. The summed E-state index contributed by atoms with van der Waals surface area (Å²) < 4.78 is 0. The largest absolute Gasteiger partial charge is 0.386 e. The van der Waals surface area contributed by atoms with Crippen molar-refractivity contribution < 1.29 is 9.90 Å². The van der Waals surface area contributed by atoms with Crippen LogP contribution in [-0.4, -0.2) is 46.2 Å². The van der Waals surface area contributed by atoms with Crippen molar-refractivity contribution in [2.75, 3.05) is 24.5 Å². The summed E-state index contributed by atoms with van der Waals surface area (Å²) in [5.74, 6) is 0.560. The van der Waals surface area contributed by atoms with Crippen molar-refractivity contribution in [3.8, 4) is 0 Å². The van der Waals surface area contributed by atoms with Crippen LogP contribution in [0, 0.1) is 0 Å². The van der Waals surface area contributed by atoms with E-state index in [4.69, 9.17) is 0 Å². The maximum atomic E-state index is 12.0. The van der Waals surface area contributed by atoms with Crippen LogP contribution in [-0.2, 0) is 11.2 Å². The Morgan fingerprint density at radius 3 is 2.96 bits per heavy atom. The van der Waals surface area contributed by atoms with E-state index >= 15 is 0 Å². The molecule has 1 unspecified atom stereocenters. The topological polar surface area (TPSA) is 78.4 Å². The molecule has 1 atom stereocenters. The lowest BCUT2D eigenvalue weighted by Crippen LogP contribution is -2.54. The number of aliphatic hydroxyl groups is 1. The van der Waals surface area contributed by atoms with Crippen molar-refractivity contribution >= 4 is 23.2 Å². The van der Waals surface area contributed by atoms with Gasteiger partial charge in [-0.05, 0) is 30.4 Å². The van der Waals surface area contributed by atoms with Crippen LogP contribution in [0.1, 0.15) is 17.7 Å². The van der Waals surface area contributed by atoms with E-state index < -0.39 is 5.60 Å². The number of nitrogens with one attached hydrogen (secondary N) is 1. The van der Waals surface area contributed by atoms with Crippen LogP contribution in [0.2, 0.25) is 0 Å². The lowest BCUT2D eigenvalue weighted by molar-refractivity contribution is -0.121. The fraction of sp³-hybridized carbons (Fsp3) is 0.438. The van der Waals surface area contributed by atoms with Gasteiger partial charge in [-0.25, -0.2) is 9.97 Å². The predicted molar refractivity (Wildman–Crippen MR) is 89.5 cm³/mol. The molecule has 0 aromatic carbocycles. The van der Waals surface area contributed by atoms with Gasteiger partial charge >= 0.3 is 0 Å². The third-order valence-electron chi connectivity index (χ3n) is 3.92. The number of rotatable bonds is 5. The zero-order chi connectivity index (χ0) is 16.1. The first-order chi connectivity index (χ1) is 11.1. The summed E-state index contributed by atoms with van der Waals surface area (Å²) in [7, 11) is 0. The molecular formula is C16H20N4O2S. The van der Waals surface area contributed by atoms with Crippen LogP contribution in [0.5, 0.6) is 0 Å². The monoisotopic (exact) mass is 332 g/mol. The summed E-state index contributed by atoms with van der Waals surface area (Å²) in [6.45, 7) is 1.49. The highest BCUT2D eigenvalue weighted by atomic mass is 32.1. The second kappa shape index (κ2) is 7.06. The summed E-state index contributed by atoms with van der Waals surface area (Å²) in [6, 6.07) is 5.64. The molecule has 122 valence electrons. The van der Waals surface area contributed by atoms with Gasteiger partial charge in [0.1, 0.15) is 0 Å². The summed E-state index contributed by atoms with van der Waals surface area (Å²) >= 11 is 1.56. The van der Waals surface area contributed by atoms with Crippen LogP contribution in [0.15, 0.2) is 36.0 Å². The van der Waals surface area contributed by atoms with Gasteiger partial charge in [0.05, 0.1) is 18.6 Å². The van der Waals surface area contributed by atoms with Gasteiger partial charge in [-0.1, -0.05) is 6.07 Å². The molecule has 1 aliphatic rings. The molecule has 1 amide bonds. The van der Waals surface area contributed by atoms with Crippen molar-refractivity contribution in [2.45, 2.75) is 24.9 Å². The molecule has 2 N–H and O–H groups in total. The van der Waals surface area contributed by atoms with E-state index in [-0.39, 0.29) is 12.5 Å². The minimum Gasteiger partial charge on any atom is -0.386 e. The van der Waals surface area contributed by atoms with E-state index in [2.05, 4.69) is 15.3 Å². The fourth-order valence-electron chi connectivity index (χ4n) is 2.78. The lowest BCUT2D eigenvalue weighted by atomic mass is 9.93. The Bertz CT molecular complexity index is 635. The first-order valence-corrected chi connectivity index (χ1v) is 8.56. The molecule has 0 saturated carbocycles. The Labute approximate surface area is 139 Å². The van der Waals surface area contributed by atoms with Gasteiger partial charge < -0.3 is 15.3 Å². The molecule has 0 bridgehead atoms. The van der Waals surface area contributed by atoms with Gasteiger partial charge in [-0.2, -0.15) is 0 Å². The molecule has 6 nitrogen and oxygen atoms in total. The molecule has 2 aromatic heterocycles. The number of thiophene rings is 1. The van der Waals surface area contributed by atoms with E-state index in [1.807, 2.05) is 22.4 Å². The Kier molecular flexibility index (Phi) is 4.88. The normalized spacial score (nSPS) is 21.2. The number of β-amino-alcohol motifs (C(OH)–C–C–N with tert-alkyl or cyclic N) is 1. The van der Waals surface area contributed by atoms with Crippen molar-refractivity contribution in [3.05, 3.63) is 40.8 Å². The average molecular weight is 332 g/mol. The molecule has 7 heteroatoms. The first-order valence-electron chi connectivity index (χ1n) is 7.68. The quantitative estimate of drug-likeness (QED) is 0.861. The highest BCUT2D eigenvalue weighted by Crippen LogP contribution is 2.23. The molecule has 3 heterocycles. The zero-order valence-corrected chi connectivity index (χ0v) is 13.6. The molecule has 0 radical (unpaired) electrons. The van der Waals surface area contributed by atoms with Gasteiger partial charge in [0.25, 0.3) is 0 Å². The van der Waals surface area contributed by atoms with Crippen LogP contribution in [0.4, 0.5) is 5.95 Å². The van der Waals surface area contributed by atoms with Gasteiger partial charge in [0.15, 0.2) is 0 Å². The molecule has 1 fully saturated rings. The second-order valence-electron chi connectivity index (χ2n) is 5.83. The van der Waals surface area contributed by atoms with Gasteiger partial charge in [-0.3, -0.25) is 4.79 Å². The summed E-state index contributed by atoms with van der Waals surface area (Å²) in [4.78, 5) is 23.4. The third kappa shape index (κ3) is 4.27. The van der Waals surface area contributed by atoms with E-state index in [1.54, 1.807) is 29.8 Å². The number of anilines is 1. The Morgan fingerprint density at radius 1 is 1.39 bits per heavy atom. The predicted octanol–water partition coefficient (Wildman–Crippen LogP) is 1.23. The van der Waals surface area contributed by atoms with E-state index in [1.165, 1.54) is 0 Å². The SMILES string of the molecule is O=C(Cc1cccs1)NCC1(O)CCCN(c2ncccn2)C1.